The molecule has 0 aromatic heterocycles. The van der Waals surface area contributed by atoms with Gasteiger partial charge in [-0.1, -0.05) is 52.1 Å². The Labute approximate surface area is 173 Å². The van der Waals surface area contributed by atoms with Crippen molar-refractivity contribution in [1.82, 2.24) is 5.32 Å². The van der Waals surface area contributed by atoms with Gasteiger partial charge in [-0.05, 0) is 36.8 Å². The Bertz CT molecular complexity index is 681. The van der Waals surface area contributed by atoms with E-state index >= 15 is 0 Å². The molecule has 1 atom stereocenters. The van der Waals surface area contributed by atoms with Crippen molar-refractivity contribution in [1.29, 1.82) is 0 Å². The van der Waals surface area contributed by atoms with Gasteiger partial charge in [0.2, 0.25) is 0 Å². The summed E-state index contributed by atoms with van der Waals surface area (Å²) in [5.41, 5.74) is 1.89. The van der Waals surface area contributed by atoms with Crippen LogP contribution in [0.2, 0.25) is 10.0 Å². The number of hydrogen-bond acceptors (Lipinski definition) is 3. The summed E-state index contributed by atoms with van der Waals surface area (Å²) >= 11 is 15.6. The zero-order valence-corrected chi connectivity index (χ0v) is 17.7. The maximum Gasteiger partial charge on any atom is 0.124 e. The van der Waals surface area contributed by atoms with E-state index in [0.717, 1.165) is 27.8 Å². The van der Waals surface area contributed by atoms with Gasteiger partial charge < -0.3 is 15.2 Å². The van der Waals surface area contributed by atoms with Crippen molar-refractivity contribution in [2.24, 2.45) is 0 Å². The summed E-state index contributed by atoms with van der Waals surface area (Å²) in [6.07, 6.45) is 0.862. The highest BCUT2D eigenvalue weighted by atomic mass is 79.9. The van der Waals surface area contributed by atoms with E-state index in [1.54, 1.807) is 12.1 Å². The van der Waals surface area contributed by atoms with Crippen molar-refractivity contribution in [2.75, 3.05) is 6.61 Å². The third-order valence-corrected chi connectivity index (χ3v) is 4.80. The van der Waals surface area contributed by atoms with Crippen LogP contribution in [-0.4, -0.2) is 17.8 Å². The molecule has 25 heavy (non-hydrogen) atoms. The summed E-state index contributed by atoms with van der Waals surface area (Å²) in [4.78, 5) is 0. The standard InChI is InChI=1S/C18H20BrCl2NO2.ClH/c1-2-16(10-23)22-9-13-7-14(19)4-6-18(13)24-11-12-3-5-15(20)8-17(12)21;/h3-8,16,22-23H,2,9-11H2,1H3;1H. The highest BCUT2D eigenvalue weighted by molar-refractivity contribution is 9.10. The first kappa shape index (κ1) is 22.6. The van der Waals surface area contributed by atoms with Gasteiger partial charge in [-0.15, -0.1) is 12.4 Å². The number of nitrogens with one attached hydrogen (secondary N) is 1. The number of halogens is 4. The van der Waals surface area contributed by atoms with Crippen molar-refractivity contribution in [2.45, 2.75) is 32.5 Å². The minimum atomic E-state index is 0. The van der Waals surface area contributed by atoms with Crippen molar-refractivity contribution in [3.05, 3.63) is 62.0 Å². The van der Waals surface area contributed by atoms with Crippen molar-refractivity contribution < 1.29 is 9.84 Å². The third kappa shape index (κ3) is 6.97. The van der Waals surface area contributed by atoms with Crippen LogP contribution in [0.25, 0.3) is 0 Å². The fourth-order valence-corrected chi connectivity index (χ4v) is 3.09. The number of ether oxygens (including phenoxy) is 1. The van der Waals surface area contributed by atoms with Gasteiger partial charge in [0.1, 0.15) is 12.4 Å². The van der Waals surface area contributed by atoms with E-state index in [4.69, 9.17) is 27.9 Å². The molecule has 0 aliphatic rings. The largest absolute Gasteiger partial charge is 0.489 e. The maximum atomic E-state index is 9.30. The van der Waals surface area contributed by atoms with Gasteiger partial charge in [0.05, 0.1) is 6.61 Å². The highest BCUT2D eigenvalue weighted by Crippen LogP contribution is 2.26. The Morgan fingerprint density at radius 1 is 1.16 bits per heavy atom. The fourth-order valence-electron chi connectivity index (χ4n) is 2.21. The van der Waals surface area contributed by atoms with E-state index < -0.39 is 0 Å². The second-order valence-electron chi connectivity index (χ2n) is 5.45. The lowest BCUT2D eigenvalue weighted by molar-refractivity contribution is 0.237. The van der Waals surface area contributed by atoms with Gasteiger partial charge >= 0.3 is 0 Å². The Balaban J connectivity index is 0.00000312. The summed E-state index contributed by atoms with van der Waals surface area (Å²) < 4.78 is 6.93. The predicted octanol–water partition coefficient (Wildman–Crippen LogP) is 5.62. The van der Waals surface area contributed by atoms with Crippen LogP contribution in [0.5, 0.6) is 5.75 Å². The first-order valence-electron chi connectivity index (χ1n) is 7.72. The molecule has 0 bridgehead atoms. The molecule has 0 saturated heterocycles. The fraction of sp³-hybridized carbons (Fsp3) is 0.333. The lowest BCUT2D eigenvalue weighted by Gasteiger charge is -2.17. The molecule has 0 radical (unpaired) electrons. The molecule has 0 aliphatic carbocycles. The second kappa shape index (κ2) is 11.3. The van der Waals surface area contributed by atoms with Crippen LogP contribution in [0.1, 0.15) is 24.5 Å². The smallest absolute Gasteiger partial charge is 0.124 e. The lowest BCUT2D eigenvalue weighted by atomic mass is 10.1. The van der Waals surface area contributed by atoms with Crippen LogP contribution in [0, 0.1) is 0 Å². The van der Waals surface area contributed by atoms with Crippen LogP contribution in [0.15, 0.2) is 40.9 Å². The summed E-state index contributed by atoms with van der Waals surface area (Å²) in [7, 11) is 0. The van der Waals surface area contributed by atoms with Crippen LogP contribution in [0.3, 0.4) is 0 Å². The monoisotopic (exact) mass is 467 g/mol. The third-order valence-electron chi connectivity index (χ3n) is 3.72. The van der Waals surface area contributed by atoms with E-state index in [9.17, 15) is 5.11 Å². The summed E-state index contributed by atoms with van der Waals surface area (Å²) in [5, 5.41) is 13.8. The topological polar surface area (TPSA) is 41.5 Å². The SMILES string of the molecule is CCC(CO)NCc1cc(Br)ccc1OCc1ccc(Cl)cc1Cl.Cl. The summed E-state index contributed by atoms with van der Waals surface area (Å²) in [5.74, 6) is 0.782. The van der Waals surface area contributed by atoms with Gasteiger partial charge in [-0.25, -0.2) is 0 Å². The predicted molar refractivity (Wildman–Crippen MR) is 110 cm³/mol. The molecular formula is C18H21BrCl3NO2. The quantitative estimate of drug-likeness (QED) is 0.527. The van der Waals surface area contributed by atoms with E-state index in [-0.39, 0.29) is 25.1 Å². The average molecular weight is 470 g/mol. The molecule has 2 N–H and O–H groups in total. The van der Waals surface area contributed by atoms with E-state index in [1.807, 2.05) is 31.2 Å². The van der Waals surface area contributed by atoms with Crippen LogP contribution < -0.4 is 10.1 Å². The molecule has 0 aliphatic heterocycles. The molecule has 0 heterocycles. The Kier molecular flexibility index (Phi) is 10.2. The average Bonchev–Trinajstić information content (AvgIpc) is 2.56. The Morgan fingerprint density at radius 2 is 1.92 bits per heavy atom. The highest BCUT2D eigenvalue weighted by Gasteiger charge is 2.10. The molecule has 0 fully saturated rings. The van der Waals surface area contributed by atoms with Gasteiger partial charge in [0.25, 0.3) is 0 Å². The van der Waals surface area contributed by atoms with Gasteiger partial charge in [0, 0.05) is 38.2 Å². The molecule has 2 aromatic rings. The van der Waals surface area contributed by atoms with Gasteiger partial charge in [-0.2, -0.15) is 0 Å². The Morgan fingerprint density at radius 3 is 2.56 bits per heavy atom. The number of aliphatic hydroxyl groups excluding tert-OH is 1. The van der Waals surface area contributed by atoms with E-state index in [1.165, 1.54) is 0 Å². The molecule has 0 amide bonds. The molecule has 0 saturated carbocycles. The zero-order valence-electron chi connectivity index (χ0n) is 13.8. The van der Waals surface area contributed by atoms with Crippen LogP contribution in [-0.2, 0) is 13.2 Å². The number of aliphatic hydroxyl groups is 1. The molecule has 0 spiro atoms. The van der Waals surface area contributed by atoms with Gasteiger partial charge in [-0.3, -0.25) is 0 Å². The van der Waals surface area contributed by atoms with E-state index in [2.05, 4.69) is 21.2 Å². The first-order chi connectivity index (χ1) is 11.5. The Hall–Kier alpha value is -0.490. The van der Waals surface area contributed by atoms with Crippen molar-refractivity contribution in [3.63, 3.8) is 0 Å². The normalized spacial score (nSPS) is 11.7. The molecule has 2 rings (SSSR count). The number of rotatable bonds is 8. The lowest BCUT2D eigenvalue weighted by Crippen LogP contribution is -2.31. The zero-order chi connectivity index (χ0) is 17.5. The summed E-state index contributed by atoms with van der Waals surface area (Å²) in [6.45, 7) is 3.12. The molecule has 1 unspecified atom stereocenters. The van der Waals surface area contributed by atoms with Crippen LogP contribution in [0.4, 0.5) is 0 Å². The van der Waals surface area contributed by atoms with Crippen molar-refractivity contribution >= 4 is 51.5 Å². The molecule has 3 nitrogen and oxygen atoms in total. The maximum absolute atomic E-state index is 9.30. The summed E-state index contributed by atoms with van der Waals surface area (Å²) in [6, 6.07) is 11.3. The molecule has 7 heteroatoms. The van der Waals surface area contributed by atoms with Crippen LogP contribution >= 0.6 is 51.5 Å². The molecular weight excluding hydrogens is 448 g/mol. The number of hydrogen-bond donors (Lipinski definition) is 2. The van der Waals surface area contributed by atoms with Gasteiger partial charge in [0.15, 0.2) is 0 Å². The minimum absolute atomic E-state index is 0. The second-order valence-corrected chi connectivity index (χ2v) is 7.20. The molecule has 138 valence electrons. The van der Waals surface area contributed by atoms with E-state index in [0.29, 0.717) is 23.2 Å². The first-order valence-corrected chi connectivity index (χ1v) is 9.27. The van der Waals surface area contributed by atoms with Crippen molar-refractivity contribution in [3.8, 4) is 5.75 Å². The minimum Gasteiger partial charge on any atom is -0.489 e. The molecule has 2 aromatic carbocycles. The number of benzene rings is 2.